The highest BCUT2D eigenvalue weighted by Gasteiger charge is 2.32. The zero-order chi connectivity index (χ0) is 44.3. The third-order valence-corrected chi connectivity index (χ3v) is 16.2. The van der Waals surface area contributed by atoms with E-state index in [4.69, 9.17) is 18.9 Å². The van der Waals surface area contributed by atoms with Gasteiger partial charge in [-0.3, -0.25) is 18.7 Å². The topological polar surface area (TPSA) is 279 Å². The molecule has 61 heavy (non-hydrogen) atoms. The quantitative estimate of drug-likeness (QED) is 0.132. The predicted molar refractivity (Wildman–Crippen MR) is 218 cm³/mol. The van der Waals surface area contributed by atoms with E-state index in [1.807, 2.05) is 0 Å². The van der Waals surface area contributed by atoms with Crippen molar-refractivity contribution in [3.05, 3.63) is 83.9 Å². The molecule has 2 aliphatic rings. The van der Waals surface area contributed by atoms with Crippen molar-refractivity contribution in [3.63, 3.8) is 0 Å². The number of morpholine rings is 2. The molecule has 4 aromatic carbocycles. The van der Waals surface area contributed by atoms with Gasteiger partial charge >= 0.3 is 0 Å². The molecule has 0 saturated carbocycles. The predicted octanol–water partition coefficient (Wildman–Crippen LogP) is 2.89. The van der Waals surface area contributed by atoms with Gasteiger partial charge in [0, 0.05) is 58.5 Å². The van der Waals surface area contributed by atoms with Gasteiger partial charge in [-0.1, -0.05) is 11.8 Å². The van der Waals surface area contributed by atoms with E-state index in [0.29, 0.717) is 11.8 Å². The Morgan fingerprint density at radius 2 is 0.918 bits per heavy atom. The number of hydrogen-bond acceptors (Lipinski definition) is 15. The molecule has 4 N–H and O–H groups in total. The van der Waals surface area contributed by atoms with Gasteiger partial charge in [-0.2, -0.15) is 25.4 Å². The molecular weight excluding hydrogens is 905 g/mol. The Morgan fingerprint density at radius 1 is 0.557 bits per heavy atom. The molecule has 2 amide bonds. The fourth-order valence-corrected chi connectivity index (χ4v) is 12.2. The Bertz CT molecular complexity index is 2620. The van der Waals surface area contributed by atoms with E-state index in [2.05, 4.69) is 10.6 Å². The number of nitrogens with zero attached hydrogens (tertiary/aromatic N) is 2. The maximum atomic E-state index is 13.4. The first-order chi connectivity index (χ1) is 28.7. The number of rotatable bonds is 14. The number of methoxy groups -OCH3 is 2. The standard InChI is InChI=1S/C36H38N4O16S5/c1-53-27-7-3-23(19-31(27)58(43,44)39-11-15-55-16-12-39)35(41)37-25-5-9-29(33(21-25)60(47,48)49)57-30-10-6-26(22-34(30)61(50,51)52)38-36(42)24-4-8-28(54-2)32(20-24)59(45,46)40-13-17-56-18-14-40/h3-10,19-22H,11-18H2,1-2H3,(H,37,41)(H,38,42)(H,47,48,49)(H,50,51,52). The molecule has 2 aliphatic heterocycles. The van der Waals surface area contributed by atoms with Crippen LogP contribution in [0.2, 0.25) is 0 Å². The van der Waals surface area contributed by atoms with Crippen molar-refractivity contribution in [2.75, 3.05) is 77.5 Å². The zero-order valence-electron chi connectivity index (χ0n) is 32.1. The van der Waals surface area contributed by atoms with Gasteiger partial charge in [-0.25, -0.2) is 16.8 Å². The normalized spacial score (nSPS) is 15.8. The Kier molecular flexibility index (Phi) is 13.8. The molecule has 25 heteroatoms. The largest absolute Gasteiger partial charge is 0.495 e. The lowest BCUT2D eigenvalue weighted by Crippen LogP contribution is -2.40. The number of amides is 2. The number of anilines is 2. The molecule has 2 fully saturated rings. The summed E-state index contributed by atoms with van der Waals surface area (Å²) in [7, 11) is -15.8. The van der Waals surface area contributed by atoms with E-state index < -0.39 is 61.9 Å². The van der Waals surface area contributed by atoms with Crippen molar-refractivity contribution < 1.29 is 71.3 Å². The minimum absolute atomic E-state index is 0.0266. The smallest absolute Gasteiger partial charge is 0.295 e. The second kappa shape index (κ2) is 18.4. The van der Waals surface area contributed by atoms with Gasteiger partial charge < -0.3 is 29.6 Å². The summed E-state index contributed by atoms with van der Waals surface area (Å²) in [4.78, 5) is 24.1. The minimum Gasteiger partial charge on any atom is -0.495 e. The van der Waals surface area contributed by atoms with Crippen LogP contribution in [0.15, 0.2) is 102 Å². The van der Waals surface area contributed by atoms with Crippen LogP contribution in [0.5, 0.6) is 11.5 Å². The molecule has 0 spiro atoms. The third-order valence-electron chi connectivity index (χ3n) is 9.21. The summed E-state index contributed by atoms with van der Waals surface area (Å²) >= 11 is 0.495. The van der Waals surface area contributed by atoms with Crippen LogP contribution in [0.4, 0.5) is 11.4 Å². The fraction of sp³-hybridized carbons (Fsp3) is 0.278. The summed E-state index contributed by atoms with van der Waals surface area (Å²) < 4.78 is 148. The summed E-state index contributed by atoms with van der Waals surface area (Å²) in [6.07, 6.45) is 0. The first-order valence-electron chi connectivity index (χ1n) is 17.8. The van der Waals surface area contributed by atoms with Gasteiger partial charge in [0.15, 0.2) is 0 Å². The molecule has 328 valence electrons. The van der Waals surface area contributed by atoms with Gasteiger partial charge in [-0.05, 0) is 72.8 Å². The van der Waals surface area contributed by atoms with Crippen LogP contribution in [0, 0.1) is 0 Å². The lowest BCUT2D eigenvalue weighted by Gasteiger charge is -2.26. The van der Waals surface area contributed by atoms with Crippen LogP contribution < -0.4 is 20.1 Å². The van der Waals surface area contributed by atoms with E-state index in [1.54, 1.807) is 0 Å². The number of ether oxygens (including phenoxy) is 4. The Morgan fingerprint density at radius 3 is 1.25 bits per heavy atom. The molecule has 2 saturated heterocycles. The lowest BCUT2D eigenvalue weighted by molar-refractivity contribution is 0.0729. The van der Waals surface area contributed by atoms with Gasteiger partial charge in [0.25, 0.3) is 32.1 Å². The lowest BCUT2D eigenvalue weighted by atomic mass is 10.2. The maximum absolute atomic E-state index is 13.4. The molecular formula is C36H38N4O16S5. The van der Waals surface area contributed by atoms with Crippen LogP contribution in [-0.4, -0.2) is 130 Å². The summed E-state index contributed by atoms with van der Waals surface area (Å²) in [5, 5.41) is 4.90. The summed E-state index contributed by atoms with van der Waals surface area (Å²) in [6.45, 7) is 1.01. The van der Waals surface area contributed by atoms with Crippen LogP contribution in [-0.2, 0) is 49.8 Å². The second-order valence-electron chi connectivity index (χ2n) is 13.0. The molecule has 2 heterocycles. The highest BCUT2D eigenvalue weighted by Crippen LogP contribution is 2.39. The summed E-state index contributed by atoms with van der Waals surface area (Å²) in [6, 6.07) is 13.8. The molecule has 0 radical (unpaired) electrons. The average Bonchev–Trinajstić information content (AvgIpc) is 3.24. The van der Waals surface area contributed by atoms with Crippen LogP contribution in [0.1, 0.15) is 20.7 Å². The van der Waals surface area contributed by atoms with Gasteiger partial charge in [0.1, 0.15) is 31.1 Å². The SMILES string of the molecule is COc1ccc(C(=O)Nc2ccc(Sc3ccc(NC(=O)c4ccc(OC)c(S(=O)(=O)N5CCOCC5)c4)cc3S(=O)(=O)O)c(S(=O)(=O)O)c2)cc1S(=O)(=O)N1CCOCC1. The highest BCUT2D eigenvalue weighted by molar-refractivity contribution is 8.00. The third kappa shape index (κ3) is 10.3. The van der Waals surface area contributed by atoms with Crippen molar-refractivity contribution in [2.24, 2.45) is 0 Å². The number of sulfonamides is 2. The maximum Gasteiger partial charge on any atom is 0.295 e. The first-order valence-corrected chi connectivity index (χ1v) is 24.4. The molecule has 0 aromatic heterocycles. The molecule has 0 atom stereocenters. The van der Waals surface area contributed by atoms with Crippen LogP contribution in [0.25, 0.3) is 0 Å². The van der Waals surface area contributed by atoms with Crippen LogP contribution >= 0.6 is 11.8 Å². The van der Waals surface area contributed by atoms with Crippen molar-refractivity contribution in [1.82, 2.24) is 8.61 Å². The molecule has 20 nitrogen and oxygen atoms in total. The van der Waals surface area contributed by atoms with Crippen LogP contribution in [0.3, 0.4) is 0 Å². The fourth-order valence-electron chi connectivity index (χ4n) is 6.16. The molecule has 0 bridgehead atoms. The first kappa shape index (κ1) is 45.8. The van der Waals surface area contributed by atoms with Crippen molar-refractivity contribution in [1.29, 1.82) is 0 Å². The van der Waals surface area contributed by atoms with Crippen molar-refractivity contribution in [3.8, 4) is 11.5 Å². The monoisotopic (exact) mass is 942 g/mol. The van der Waals surface area contributed by atoms with E-state index >= 15 is 0 Å². The average molecular weight is 943 g/mol. The molecule has 0 unspecified atom stereocenters. The Labute approximate surface area is 355 Å². The summed E-state index contributed by atoms with van der Waals surface area (Å²) in [5.41, 5.74) is -0.615. The van der Waals surface area contributed by atoms with Crippen molar-refractivity contribution in [2.45, 2.75) is 29.4 Å². The zero-order valence-corrected chi connectivity index (χ0v) is 36.2. The number of benzene rings is 4. The van der Waals surface area contributed by atoms with Crippen molar-refractivity contribution >= 4 is 75.2 Å². The number of nitrogens with one attached hydrogen (secondary N) is 2. The number of carbonyl (C=O) groups excluding carboxylic acids is 2. The van der Waals surface area contributed by atoms with E-state index in [1.165, 1.54) is 59.2 Å². The molecule has 6 rings (SSSR count). The second-order valence-corrected chi connectivity index (χ2v) is 20.7. The van der Waals surface area contributed by atoms with E-state index in [0.717, 1.165) is 36.4 Å². The number of carbonyl (C=O) groups is 2. The minimum atomic E-state index is -5.07. The van der Waals surface area contributed by atoms with Gasteiger partial charge in [0.2, 0.25) is 20.0 Å². The van der Waals surface area contributed by atoms with Gasteiger partial charge in [-0.15, -0.1) is 0 Å². The van der Waals surface area contributed by atoms with E-state index in [9.17, 15) is 52.4 Å². The summed E-state index contributed by atoms with van der Waals surface area (Å²) in [5.74, 6) is -1.78. The van der Waals surface area contributed by atoms with E-state index in [-0.39, 0.29) is 106 Å². The van der Waals surface area contributed by atoms with Gasteiger partial charge in [0.05, 0.1) is 40.6 Å². The number of hydrogen-bond donors (Lipinski definition) is 4. The molecule has 0 aliphatic carbocycles. The molecule has 4 aromatic rings. The Balaban J connectivity index is 1.25. The highest BCUT2D eigenvalue weighted by atomic mass is 32.2. The Hall–Kier alpha value is -4.67.